The van der Waals surface area contributed by atoms with Gasteiger partial charge in [0.1, 0.15) is 0 Å². The summed E-state index contributed by atoms with van der Waals surface area (Å²) in [6, 6.07) is 0. The van der Waals surface area contributed by atoms with Gasteiger partial charge in [-0.2, -0.15) is 0 Å². The van der Waals surface area contributed by atoms with E-state index in [1.165, 1.54) is 0 Å². The van der Waals surface area contributed by atoms with Gasteiger partial charge in [0.15, 0.2) is 0 Å². The molecule has 4 nitrogen and oxygen atoms in total. The van der Waals surface area contributed by atoms with Crippen LogP contribution in [0.1, 0.15) is 26.7 Å². The van der Waals surface area contributed by atoms with E-state index in [1.807, 2.05) is 20.9 Å². The van der Waals surface area contributed by atoms with Crippen molar-refractivity contribution < 1.29 is 9.90 Å². The molecule has 0 atom stereocenters. The molecule has 0 saturated carbocycles. The van der Waals surface area contributed by atoms with Crippen molar-refractivity contribution in [2.75, 3.05) is 20.2 Å². The summed E-state index contributed by atoms with van der Waals surface area (Å²) >= 11 is 0. The first-order valence-corrected chi connectivity index (χ1v) is 4.58. The van der Waals surface area contributed by atoms with Crippen LogP contribution in [-0.2, 0) is 4.79 Å². The molecule has 0 saturated heterocycles. The van der Waals surface area contributed by atoms with Gasteiger partial charge in [0.25, 0.3) is 0 Å². The third-order valence-corrected chi connectivity index (χ3v) is 1.82. The van der Waals surface area contributed by atoms with Gasteiger partial charge < -0.3 is 15.7 Å². The van der Waals surface area contributed by atoms with E-state index in [0.29, 0.717) is 19.4 Å². The molecule has 0 unspecified atom stereocenters. The number of amides is 1. The summed E-state index contributed by atoms with van der Waals surface area (Å²) in [6.45, 7) is 4.58. The van der Waals surface area contributed by atoms with Crippen LogP contribution < -0.4 is 10.6 Å². The van der Waals surface area contributed by atoms with Crippen molar-refractivity contribution in [1.82, 2.24) is 10.6 Å². The number of carbonyl (C=O) groups is 1. The summed E-state index contributed by atoms with van der Waals surface area (Å²) in [7, 11) is 1.81. The topological polar surface area (TPSA) is 61.4 Å². The second kappa shape index (κ2) is 5.94. The van der Waals surface area contributed by atoms with Gasteiger partial charge >= 0.3 is 0 Å². The zero-order valence-corrected chi connectivity index (χ0v) is 8.68. The molecule has 4 heteroatoms. The van der Waals surface area contributed by atoms with Gasteiger partial charge in [0.05, 0.1) is 0 Å². The minimum atomic E-state index is -0.306. The van der Waals surface area contributed by atoms with Crippen molar-refractivity contribution in [2.45, 2.75) is 32.2 Å². The molecule has 0 aliphatic carbocycles. The molecular formula is C9H20N2O2. The summed E-state index contributed by atoms with van der Waals surface area (Å²) in [4.78, 5) is 11.3. The maximum absolute atomic E-state index is 11.3. The molecule has 0 bridgehead atoms. The zero-order valence-electron chi connectivity index (χ0n) is 8.68. The lowest BCUT2D eigenvalue weighted by atomic mass is 10.0. The van der Waals surface area contributed by atoms with E-state index < -0.39 is 0 Å². The summed E-state index contributed by atoms with van der Waals surface area (Å²) in [5, 5.41) is 14.5. The predicted octanol–water partition coefficient (Wildman–Crippen LogP) is -0.127. The van der Waals surface area contributed by atoms with Crippen molar-refractivity contribution in [3.63, 3.8) is 0 Å². The Bertz CT molecular complexity index is 158. The molecule has 0 aliphatic rings. The Kier molecular flexibility index (Phi) is 5.66. The van der Waals surface area contributed by atoms with Crippen molar-refractivity contribution in [3.05, 3.63) is 0 Å². The lowest BCUT2D eigenvalue weighted by Crippen LogP contribution is -2.44. The fourth-order valence-electron chi connectivity index (χ4n) is 1.02. The highest BCUT2D eigenvalue weighted by molar-refractivity contribution is 5.76. The second-order valence-corrected chi connectivity index (χ2v) is 3.76. The molecule has 0 aromatic heterocycles. The van der Waals surface area contributed by atoms with E-state index in [9.17, 15) is 4.79 Å². The molecule has 0 aromatic carbocycles. The smallest absolute Gasteiger partial charge is 0.221 e. The largest absolute Gasteiger partial charge is 0.396 e. The van der Waals surface area contributed by atoms with Gasteiger partial charge in [-0.3, -0.25) is 4.79 Å². The first-order chi connectivity index (χ1) is 6.02. The van der Waals surface area contributed by atoms with Crippen molar-refractivity contribution in [3.8, 4) is 0 Å². The van der Waals surface area contributed by atoms with Crippen LogP contribution in [-0.4, -0.2) is 36.8 Å². The van der Waals surface area contributed by atoms with Crippen molar-refractivity contribution >= 4 is 5.91 Å². The van der Waals surface area contributed by atoms with Crippen molar-refractivity contribution in [1.29, 1.82) is 0 Å². The van der Waals surface area contributed by atoms with Gasteiger partial charge in [-0.15, -0.1) is 0 Å². The van der Waals surface area contributed by atoms with Crippen LogP contribution in [0.2, 0.25) is 0 Å². The summed E-state index contributed by atoms with van der Waals surface area (Å²) in [5.74, 6) is 0.0211. The first-order valence-electron chi connectivity index (χ1n) is 4.58. The molecule has 0 rings (SSSR count). The molecule has 0 fully saturated rings. The standard InChI is InChI=1S/C9H20N2O2/c1-9(2,5-7-12)11-8(13)4-6-10-3/h10,12H,4-7H2,1-3H3,(H,11,13). The second-order valence-electron chi connectivity index (χ2n) is 3.76. The highest BCUT2D eigenvalue weighted by atomic mass is 16.3. The van der Waals surface area contributed by atoms with E-state index in [2.05, 4.69) is 10.6 Å². The van der Waals surface area contributed by atoms with Crippen LogP contribution in [0.3, 0.4) is 0 Å². The number of hydrogen-bond donors (Lipinski definition) is 3. The number of carbonyl (C=O) groups excluding carboxylic acids is 1. The number of rotatable bonds is 6. The molecule has 3 N–H and O–H groups in total. The number of nitrogens with one attached hydrogen (secondary N) is 2. The quantitative estimate of drug-likeness (QED) is 0.544. The Hall–Kier alpha value is -0.610. The van der Waals surface area contributed by atoms with Crippen molar-refractivity contribution in [2.24, 2.45) is 0 Å². The van der Waals surface area contributed by atoms with E-state index in [4.69, 9.17) is 5.11 Å². The monoisotopic (exact) mass is 188 g/mol. The molecule has 0 aliphatic heterocycles. The lowest BCUT2D eigenvalue weighted by Gasteiger charge is -2.25. The molecule has 1 amide bonds. The SMILES string of the molecule is CNCCC(=O)NC(C)(C)CCO. The molecule has 0 spiro atoms. The summed E-state index contributed by atoms with van der Waals surface area (Å²) in [6.07, 6.45) is 1.06. The predicted molar refractivity (Wildman–Crippen MR) is 52.5 cm³/mol. The van der Waals surface area contributed by atoms with Gasteiger partial charge in [0, 0.05) is 25.1 Å². The van der Waals surface area contributed by atoms with E-state index in [1.54, 1.807) is 0 Å². The minimum Gasteiger partial charge on any atom is -0.396 e. The summed E-state index contributed by atoms with van der Waals surface area (Å²) < 4.78 is 0. The molecule has 78 valence electrons. The van der Waals surface area contributed by atoms with E-state index >= 15 is 0 Å². The third-order valence-electron chi connectivity index (χ3n) is 1.82. The van der Waals surface area contributed by atoms with E-state index in [-0.39, 0.29) is 18.1 Å². The fourth-order valence-corrected chi connectivity index (χ4v) is 1.02. The highest BCUT2D eigenvalue weighted by Gasteiger charge is 2.18. The molecule has 0 heterocycles. The lowest BCUT2D eigenvalue weighted by molar-refractivity contribution is -0.122. The summed E-state index contributed by atoms with van der Waals surface area (Å²) in [5.41, 5.74) is -0.306. The molecule has 0 radical (unpaired) electrons. The maximum Gasteiger partial charge on any atom is 0.221 e. The van der Waals surface area contributed by atoms with Crippen LogP contribution >= 0.6 is 0 Å². The Morgan fingerprint density at radius 1 is 1.46 bits per heavy atom. The molecular weight excluding hydrogens is 168 g/mol. The zero-order chi connectivity index (χ0) is 10.3. The van der Waals surface area contributed by atoms with Crippen LogP contribution in [0.4, 0.5) is 0 Å². The number of hydrogen-bond acceptors (Lipinski definition) is 3. The Morgan fingerprint density at radius 3 is 2.54 bits per heavy atom. The van der Waals surface area contributed by atoms with Gasteiger partial charge in [0.2, 0.25) is 5.91 Å². The van der Waals surface area contributed by atoms with Crippen LogP contribution in [0.15, 0.2) is 0 Å². The minimum absolute atomic E-state index is 0.0211. The average Bonchev–Trinajstić information content (AvgIpc) is 1.99. The highest BCUT2D eigenvalue weighted by Crippen LogP contribution is 2.06. The fraction of sp³-hybridized carbons (Fsp3) is 0.889. The Morgan fingerprint density at radius 2 is 2.08 bits per heavy atom. The average molecular weight is 188 g/mol. The van der Waals surface area contributed by atoms with Crippen LogP contribution in [0.5, 0.6) is 0 Å². The first kappa shape index (κ1) is 12.4. The Labute approximate surface area is 79.7 Å². The van der Waals surface area contributed by atoms with Gasteiger partial charge in [-0.1, -0.05) is 0 Å². The van der Waals surface area contributed by atoms with Crippen LogP contribution in [0, 0.1) is 0 Å². The third kappa shape index (κ3) is 6.54. The Balaban J connectivity index is 3.75. The van der Waals surface area contributed by atoms with E-state index in [0.717, 1.165) is 0 Å². The number of aliphatic hydroxyl groups excluding tert-OH is 1. The molecule has 0 aromatic rings. The normalized spacial score (nSPS) is 11.4. The van der Waals surface area contributed by atoms with Crippen LogP contribution in [0.25, 0.3) is 0 Å². The maximum atomic E-state index is 11.3. The molecule has 13 heavy (non-hydrogen) atoms. The number of aliphatic hydroxyl groups is 1. The van der Waals surface area contributed by atoms with Gasteiger partial charge in [-0.25, -0.2) is 0 Å². The van der Waals surface area contributed by atoms with Gasteiger partial charge in [-0.05, 0) is 27.3 Å².